The summed E-state index contributed by atoms with van der Waals surface area (Å²) in [6, 6.07) is 12.7. The number of anilines is 1. The molecule has 0 saturated heterocycles. The van der Waals surface area contributed by atoms with Crippen molar-refractivity contribution < 1.29 is 23.8 Å². The number of nitrogens with one attached hydrogen (secondary N) is 1. The maximum atomic E-state index is 12.5. The van der Waals surface area contributed by atoms with E-state index in [-0.39, 0.29) is 31.3 Å². The second kappa shape index (κ2) is 8.65. The van der Waals surface area contributed by atoms with E-state index in [0.29, 0.717) is 29.5 Å². The molecular weight excluding hydrogens is 360 g/mol. The predicted octanol–water partition coefficient (Wildman–Crippen LogP) is 3.19. The van der Waals surface area contributed by atoms with Crippen molar-refractivity contribution in [2.75, 3.05) is 18.7 Å². The standard InChI is InChI=1S/C21H24N2O5/c1-14(2)28-18-7-5-4-6-17(18)22-21(25)12-23(15(3)24)11-16-8-9-19-20(10-16)27-13-26-19/h4-10,14H,11-13H2,1-3H3,(H,22,25). The van der Waals surface area contributed by atoms with Gasteiger partial charge in [-0.3, -0.25) is 9.59 Å². The van der Waals surface area contributed by atoms with Gasteiger partial charge in [0, 0.05) is 13.5 Å². The van der Waals surface area contributed by atoms with E-state index in [1.54, 1.807) is 18.2 Å². The van der Waals surface area contributed by atoms with Crippen LogP contribution in [0.25, 0.3) is 0 Å². The van der Waals surface area contributed by atoms with Crippen molar-refractivity contribution >= 4 is 17.5 Å². The van der Waals surface area contributed by atoms with E-state index < -0.39 is 0 Å². The number of fused-ring (bicyclic) bond motifs is 1. The third kappa shape index (κ3) is 4.94. The molecule has 0 fully saturated rings. The first kappa shape index (κ1) is 19.5. The third-order valence-corrected chi connectivity index (χ3v) is 4.11. The van der Waals surface area contributed by atoms with Gasteiger partial charge in [-0.15, -0.1) is 0 Å². The molecule has 0 radical (unpaired) electrons. The first-order valence-electron chi connectivity index (χ1n) is 9.12. The van der Waals surface area contributed by atoms with Gasteiger partial charge in [0.25, 0.3) is 0 Å². The van der Waals surface area contributed by atoms with E-state index in [9.17, 15) is 9.59 Å². The minimum atomic E-state index is -0.296. The molecule has 0 atom stereocenters. The van der Waals surface area contributed by atoms with E-state index >= 15 is 0 Å². The molecule has 0 aromatic heterocycles. The molecule has 0 saturated carbocycles. The number of para-hydroxylation sites is 2. The number of benzene rings is 2. The molecular formula is C21H24N2O5. The van der Waals surface area contributed by atoms with Gasteiger partial charge in [0.2, 0.25) is 18.6 Å². The molecule has 7 heteroatoms. The summed E-state index contributed by atoms with van der Waals surface area (Å²) in [5.74, 6) is 1.43. The smallest absolute Gasteiger partial charge is 0.244 e. The minimum Gasteiger partial charge on any atom is -0.489 e. The van der Waals surface area contributed by atoms with Gasteiger partial charge in [0.1, 0.15) is 12.3 Å². The van der Waals surface area contributed by atoms with E-state index in [0.717, 1.165) is 5.56 Å². The van der Waals surface area contributed by atoms with Gasteiger partial charge in [-0.2, -0.15) is 0 Å². The Balaban J connectivity index is 1.66. The fourth-order valence-corrected chi connectivity index (χ4v) is 2.83. The monoisotopic (exact) mass is 384 g/mol. The first-order chi connectivity index (χ1) is 13.4. The molecule has 0 aliphatic carbocycles. The largest absolute Gasteiger partial charge is 0.489 e. The topological polar surface area (TPSA) is 77.1 Å². The molecule has 2 amide bonds. The maximum Gasteiger partial charge on any atom is 0.244 e. The van der Waals surface area contributed by atoms with Crippen molar-refractivity contribution in [1.29, 1.82) is 0 Å². The zero-order valence-electron chi connectivity index (χ0n) is 16.2. The second-order valence-corrected chi connectivity index (χ2v) is 6.77. The number of hydrogen-bond donors (Lipinski definition) is 1. The van der Waals surface area contributed by atoms with Crippen LogP contribution in [0.2, 0.25) is 0 Å². The van der Waals surface area contributed by atoms with Crippen LogP contribution in [-0.2, 0) is 16.1 Å². The third-order valence-electron chi connectivity index (χ3n) is 4.11. The highest BCUT2D eigenvalue weighted by molar-refractivity contribution is 5.95. The Morgan fingerprint density at radius 3 is 2.64 bits per heavy atom. The van der Waals surface area contributed by atoms with Crippen LogP contribution in [0.15, 0.2) is 42.5 Å². The average molecular weight is 384 g/mol. The van der Waals surface area contributed by atoms with Crippen molar-refractivity contribution in [2.45, 2.75) is 33.4 Å². The van der Waals surface area contributed by atoms with Gasteiger partial charge < -0.3 is 24.4 Å². The number of carbonyl (C=O) groups is 2. The maximum absolute atomic E-state index is 12.5. The van der Waals surface area contributed by atoms with Crippen LogP contribution in [0.1, 0.15) is 26.3 Å². The SMILES string of the molecule is CC(=O)N(CC(=O)Nc1ccccc1OC(C)C)Cc1ccc2c(c1)OCO2. The molecule has 0 spiro atoms. The molecule has 1 N–H and O–H groups in total. The summed E-state index contributed by atoms with van der Waals surface area (Å²) in [5.41, 5.74) is 1.43. The quantitative estimate of drug-likeness (QED) is 0.793. The summed E-state index contributed by atoms with van der Waals surface area (Å²) in [6.45, 7) is 5.69. The lowest BCUT2D eigenvalue weighted by Gasteiger charge is -2.21. The van der Waals surface area contributed by atoms with Gasteiger partial charge in [0.05, 0.1) is 11.8 Å². The Kier molecular flexibility index (Phi) is 6.03. The Labute approximate surface area is 164 Å². The van der Waals surface area contributed by atoms with Crippen LogP contribution in [0, 0.1) is 0 Å². The Hall–Kier alpha value is -3.22. The molecule has 0 bridgehead atoms. The lowest BCUT2D eigenvalue weighted by molar-refractivity contribution is -0.133. The summed E-state index contributed by atoms with van der Waals surface area (Å²) < 4.78 is 16.4. The molecule has 1 heterocycles. The molecule has 1 aliphatic heterocycles. The van der Waals surface area contributed by atoms with Gasteiger partial charge in [-0.1, -0.05) is 18.2 Å². The number of nitrogens with zero attached hydrogens (tertiary/aromatic N) is 1. The van der Waals surface area contributed by atoms with Gasteiger partial charge in [0.15, 0.2) is 11.5 Å². The summed E-state index contributed by atoms with van der Waals surface area (Å²) in [4.78, 5) is 26.1. The van der Waals surface area contributed by atoms with Crippen molar-refractivity contribution in [3.8, 4) is 17.2 Å². The highest BCUT2D eigenvalue weighted by Crippen LogP contribution is 2.32. The van der Waals surface area contributed by atoms with Crippen LogP contribution in [0.3, 0.4) is 0 Å². The van der Waals surface area contributed by atoms with Crippen LogP contribution < -0.4 is 19.5 Å². The lowest BCUT2D eigenvalue weighted by atomic mass is 10.2. The Morgan fingerprint density at radius 2 is 1.89 bits per heavy atom. The molecule has 2 aromatic rings. The van der Waals surface area contributed by atoms with Gasteiger partial charge in [-0.25, -0.2) is 0 Å². The molecule has 3 rings (SSSR count). The first-order valence-corrected chi connectivity index (χ1v) is 9.12. The normalized spacial score (nSPS) is 12.0. The molecule has 0 unspecified atom stereocenters. The fraction of sp³-hybridized carbons (Fsp3) is 0.333. The summed E-state index contributed by atoms with van der Waals surface area (Å²) in [7, 11) is 0. The summed E-state index contributed by atoms with van der Waals surface area (Å²) >= 11 is 0. The molecule has 148 valence electrons. The van der Waals surface area contributed by atoms with Gasteiger partial charge in [-0.05, 0) is 43.7 Å². The number of amides is 2. The Morgan fingerprint density at radius 1 is 1.14 bits per heavy atom. The zero-order valence-corrected chi connectivity index (χ0v) is 16.2. The number of ether oxygens (including phenoxy) is 3. The van der Waals surface area contributed by atoms with Crippen LogP contribution in [0.5, 0.6) is 17.2 Å². The van der Waals surface area contributed by atoms with Crippen LogP contribution in [0.4, 0.5) is 5.69 Å². The van der Waals surface area contributed by atoms with Crippen molar-refractivity contribution in [1.82, 2.24) is 4.90 Å². The van der Waals surface area contributed by atoms with E-state index in [4.69, 9.17) is 14.2 Å². The minimum absolute atomic E-state index is 0.0159. The summed E-state index contributed by atoms with van der Waals surface area (Å²) in [6.07, 6.45) is -0.0159. The van der Waals surface area contributed by atoms with Crippen LogP contribution >= 0.6 is 0 Å². The summed E-state index contributed by atoms with van der Waals surface area (Å²) in [5, 5.41) is 2.83. The highest BCUT2D eigenvalue weighted by Gasteiger charge is 2.18. The van der Waals surface area contributed by atoms with Crippen LogP contribution in [-0.4, -0.2) is 36.2 Å². The number of rotatable bonds is 7. The van der Waals surface area contributed by atoms with Gasteiger partial charge >= 0.3 is 0 Å². The second-order valence-electron chi connectivity index (χ2n) is 6.77. The lowest BCUT2D eigenvalue weighted by Crippen LogP contribution is -2.36. The highest BCUT2D eigenvalue weighted by atomic mass is 16.7. The van der Waals surface area contributed by atoms with E-state index in [1.165, 1.54) is 11.8 Å². The van der Waals surface area contributed by atoms with E-state index in [1.807, 2.05) is 38.1 Å². The average Bonchev–Trinajstić information content (AvgIpc) is 3.10. The van der Waals surface area contributed by atoms with Crippen molar-refractivity contribution in [2.24, 2.45) is 0 Å². The van der Waals surface area contributed by atoms with E-state index in [2.05, 4.69) is 5.32 Å². The predicted molar refractivity (Wildman–Crippen MR) is 104 cm³/mol. The van der Waals surface area contributed by atoms with Crippen molar-refractivity contribution in [3.63, 3.8) is 0 Å². The van der Waals surface area contributed by atoms with Crippen molar-refractivity contribution in [3.05, 3.63) is 48.0 Å². The zero-order chi connectivity index (χ0) is 20.1. The molecule has 28 heavy (non-hydrogen) atoms. The number of hydrogen-bond acceptors (Lipinski definition) is 5. The molecule has 1 aliphatic rings. The number of carbonyl (C=O) groups excluding carboxylic acids is 2. The fourth-order valence-electron chi connectivity index (χ4n) is 2.83. The molecule has 7 nitrogen and oxygen atoms in total. The molecule has 2 aromatic carbocycles. The Bertz CT molecular complexity index is 866.